The zero-order valence-corrected chi connectivity index (χ0v) is 23.8. The highest BCUT2D eigenvalue weighted by molar-refractivity contribution is 5.54. The molecule has 0 saturated carbocycles. The number of fused-ring (bicyclic) bond motifs is 6. The monoisotopic (exact) mass is 566 g/mol. The Morgan fingerprint density at radius 1 is 0.732 bits per heavy atom. The van der Waals surface area contributed by atoms with E-state index < -0.39 is 0 Å². The number of aromatic hydroxyl groups is 2. The second-order valence-corrected chi connectivity index (χ2v) is 12.3. The molecular weight excluding hydrogens is 512 g/mol. The molecule has 41 heavy (non-hydrogen) atoms. The summed E-state index contributed by atoms with van der Waals surface area (Å²) in [6.07, 6.45) is 12.0. The minimum atomic E-state index is 0. The third-order valence-corrected chi connectivity index (χ3v) is 9.98. The quantitative estimate of drug-likeness (QED) is 0.390. The molecule has 6 heteroatoms. The van der Waals surface area contributed by atoms with Crippen molar-refractivity contribution in [1.29, 1.82) is 0 Å². The van der Waals surface area contributed by atoms with Gasteiger partial charge in [0.25, 0.3) is 0 Å². The van der Waals surface area contributed by atoms with E-state index in [1.54, 1.807) is 6.07 Å². The van der Waals surface area contributed by atoms with Crippen LogP contribution in [-0.4, -0.2) is 65.1 Å². The summed E-state index contributed by atoms with van der Waals surface area (Å²) in [6.45, 7) is 9.86. The number of benzene rings is 2. The van der Waals surface area contributed by atoms with Crippen molar-refractivity contribution >= 4 is 0 Å². The fourth-order valence-electron chi connectivity index (χ4n) is 8.17. The number of phenolic OH excluding ortho intramolecular Hbond substituents is 2. The Morgan fingerprint density at radius 2 is 1.29 bits per heavy atom. The maximum Gasteiger partial charge on any atom is 0.231 e. The molecule has 2 saturated heterocycles. The largest absolute Gasteiger partial charge is 0.504 e. The van der Waals surface area contributed by atoms with Gasteiger partial charge in [-0.05, 0) is 125 Å². The van der Waals surface area contributed by atoms with E-state index in [0.29, 0.717) is 18.8 Å². The number of rotatable bonds is 4. The van der Waals surface area contributed by atoms with Gasteiger partial charge in [-0.3, -0.25) is 9.80 Å². The van der Waals surface area contributed by atoms with E-state index in [4.69, 9.17) is 9.47 Å². The lowest BCUT2D eigenvalue weighted by Gasteiger charge is -2.44. The van der Waals surface area contributed by atoms with Gasteiger partial charge in [-0.2, -0.15) is 0 Å². The second-order valence-electron chi connectivity index (χ2n) is 12.3. The molecule has 2 aromatic carbocycles. The van der Waals surface area contributed by atoms with E-state index in [1.807, 2.05) is 6.07 Å². The Hall–Kier alpha value is -2.44. The first kappa shape index (κ1) is 31.5. The lowest BCUT2D eigenvalue weighted by molar-refractivity contribution is 0.0847. The summed E-state index contributed by atoms with van der Waals surface area (Å²) in [4.78, 5) is 5.35. The van der Waals surface area contributed by atoms with Gasteiger partial charge in [0.15, 0.2) is 23.0 Å². The number of likely N-dealkylation sites (tertiary alicyclic amines) is 2. The molecule has 6 nitrogen and oxygen atoms in total. The Kier molecular flexibility index (Phi) is 10.5. The molecule has 0 amide bonds. The minimum Gasteiger partial charge on any atom is -0.504 e. The van der Waals surface area contributed by atoms with E-state index in [9.17, 15) is 10.2 Å². The van der Waals surface area contributed by atoms with Crippen LogP contribution in [0.5, 0.6) is 23.0 Å². The summed E-state index contributed by atoms with van der Waals surface area (Å²) >= 11 is 0. The van der Waals surface area contributed by atoms with Crippen molar-refractivity contribution in [2.45, 2.75) is 105 Å². The average Bonchev–Trinajstić information content (AvgIpc) is 3.44. The fourth-order valence-corrected chi connectivity index (χ4v) is 8.17. The number of piperidine rings is 2. The number of nitrogens with zero attached hydrogens (tertiary/aromatic N) is 2. The molecule has 0 aromatic heterocycles. The van der Waals surface area contributed by atoms with Crippen LogP contribution in [0.4, 0.5) is 0 Å². The molecule has 2 fully saturated rings. The Morgan fingerprint density at radius 3 is 1.90 bits per heavy atom. The summed E-state index contributed by atoms with van der Waals surface area (Å²) in [5.41, 5.74) is 5.12. The van der Waals surface area contributed by atoms with Gasteiger partial charge in [0.1, 0.15) is 0 Å². The second kappa shape index (κ2) is 13.7. The van der Waals surface area contributed by atoms with Gasteiger partial charge in [0.2, 0.25) is 6.79 Å². The molecular formula is C35H54N2O4. The third-order valence-electron chi connectivity index (χ3n) is 9.98. The zero-order valence-electron chi connectivity index (χ0n) is 23.8. The normalized spacial score (nSPS) is 26.1. The minimum absolute atomic E-state index is 0. The highest BCUT2D eigenvalue weighted by atomic mass is 16.7. The summed E-state index contributed by atoms with van der Waals surface area (Å²) in [5, 5.41) is 19.7. The van der Waals surface area contributed by atoms with Crippen LogP contribution in [0, 0.1) is 11.8 Å². The third kappa shape index (κ3) is 6.19. The van der Waals surface area contributed by atoms with Gasteiger partial charge >= 0.3 is 0 Å². The predicted octanol–water partition coefficient (Wildman–Crippen LogP) is 6.96. The van der Waals surface area contributed by atoms with Crippen LogP contribution in [0.3, 0.4) is 0 Å². The number of hydrogen-bond donors (Lipinski definition) is 2. The van der Waals surface area contributed by atoms with Crippen molar-refractivity contribution < 1.29 is 19.7 Å². The molecule has 4 atom stereocenters. The number of phenols is 2. The maximum atomic E-state index is 10.0. The maximum absolute atomic E-state index is 10.0. The van der Waals surface area contributed by atoms with Gasteiger partial charge < -0.3 is 19.7 Å². The molecule has 0 bridgehead atoms. The van der Waals surface area contributed by atoms with Crippen molar-refractivity contribution in [3.05, 3.63) is 46.5 Å². The Balaban J connectivity index is 0.000000180. The number of ether oxygens (including phenoxy) is 2. The Bertz CT molecular complexity index is 1160. The standard InChI is InChI=1S/C17H23NO2.C16H23NO2.2CH4/c1-2-7-18-8-3-4-13-9-14-12(10-15(13)18)5-6-16-17(14)20-11-19-16;1-2-7-17-8-3-4-12-9-13-11(10-14(12)17)5-6-15(18)16(13)19;;/h5-6,13,15H,2-4,7-11H2,1H3;5-6,12,14,18-19H,2-4,7-10H2,1H3;2*1H4/t13-,15-;12-,14-;;/m11../s1. The van der Waals surface area contributed by atoms with Crippen molar-refractivity contribution in [3.63, 3.8) is 0 Å². The lowest BCUT2D eigenvalue weighted by atomic mass is 9.75. The Labute approximate surface area is 248 Å². The summed E-state index contributed by atoms with van der Waals surface area (Å²) in [5.74, 6) is 3.57. The highest BCUT2D eigenvalue weighted by Crippen LogP contribution is 2.45. The summed E-state index contributed by atoms with van der Waals surface area (Å²) in [7, 11) is 0. The molecule has 7 rings (SSSR count). The lowest BCUT2D eigenvalue weighted by Crippen LogP contribution is -2.49. The van der Waals surface area contributed by atoms with Gasteiger partial charge in [-0.25, -0.2) is 0 Å². The first-order valence-electron chi connectivity index (χ1n) is 15.5. The molecule has 2 aliphatic carbocycles. The van der Waals surface area contributed by atoms with E-state index in [2.05, 4.69) is 35.8 Å². The average molecular weight is 567 g/mol. The van der Waals surface area contributed by atoms with Crippen LogP contribution in [0.1, 0.15) is 89.5 Å². The van der Waals surface area contributed by atoms with Crippen molar-refractivity contribution in [1.82, 2.24) is 9.80 Å². The molecule has 2 N–H and O–H groups in total. The van der Waals surface area contributed by atoms with Crippen LogP contribution in [0.2, 0.25) is 0 Å². The molecule has 0 spiro atoms. The van der Waals surface area contributed by atoms with Gasteiger partial charge in [-0.1, -0.05) is 40.8 Å². The van der Waals surface area contributed by atoms with Crippen molar-refractivity contribution in [2.75, 3.05) is 33.0 Å². The van der Waals surface area contributed by atoms with Crippen LogP contribution >= 0.6 is 0 Å². The molecule has 0 radical (unpaired) electrons. The van der Waals surface area contributed by atoms with Crippen LogP contribution in [0.25, 0.3) is 0 Å². The van der Waals surface area contributed by atoms with E-state index >= 15 is 0 Å². The fraction of sp³-hybridized carbons (Fsp3) is 0.657. The van der Waals surface area contributed by atoms with Crippen LogP contribution in [-0.2, 0) is 25.7 Å². The predicted molar refractivity (Wildman–Crippen MR) is 167 cm³/mol. The zero-order chi connectivity index (χ0) is 26.9. The molecule has 2 aromatic rings. The SMILES string of the molecule is C.C.CCCN1CCC[C@@H]2Cc3c(ccc(O)c3O)C[C@H]21.CCCN1CCC[C@@H]2Cc3c(ccc4c3OCO4)C[C@H]21. The van der Waals surface area contributed by atoms with Gasteiger partial charge in [0, 0.05) is 23.2 Å². The van der Waals surface area contributed by atoms with Gasteiger partial charge in [-0.15, -0.1) is 0 Å². The number of hydrogen-bond acceptors (Lipinski definition) is 6. The van der Waals surface area contributed by atoms with Crippen LogP contribution in [0.15, 0.2) is 24.3 Å². The molecule has 3 aliphatic heterocycles. The van der Waals surface area contributed by atoms with Gasteiger partial charge in [0.05, 0.1) is 0 Å². The van der Waals surface area contributed by atoms with Crippen molar-refractivity contribution in [2.24, 2.45) is 11.8 Å². The molecule has 5 aliphatic rings. The van der Waals surface area contributed by atoms with E-state index in [0.717, 1.165) is 41.9 Å². The first-order chi connectivity index (χ1) is 19.1. The highest BCUT2D eigenvalue weighted by Gasteiger charge is 2.38. The summed E-state index contributed by atoms with van der Waals surface area (Å²) < 4.78 is 11.2. The first-order valence-corrected chi connectivity index (χ1v) is 15.5. The molecule has 3 heterocycles. The van der Waals surface area contributed by atoms with Crippen molar-refractivity contribution in [3.8, 4) is 23.0 Å². The van der Waals surface area contributed by atoms with E-state index in [1.165, 1.54) is 94.2 Å². The summed E-state index contributed by atoms with van der Waals surface area (Å²) in [6, 6.07) is 9.34. The smallest absolute Gasteiger partial charge is 0.231 e. The topological polar surface area (TPSA) is 65.4 Å². The molecule has 228 valence electrons. The van der Waals surface area contributed by atoms with Crippen LogP contribution < -0.4 is 9.47 Å². The van der Waals surface area contributed by atoms with E-state index in [-0.39, 0.29) is 26.4 Å². The molecule has 0 unspecified atom stereocenters.